The molecule has 0 spiro atoms. The third-order valence-corrected chi connectivity index (χ3v) is 6.43. The van der Waals surface area contributed by atoms with Crippen molar-refractivity contribution in [1.82, 2.24) is 4.31 Å². The zero-order valence-electron chi connectivity index (χ0n) is 14.5. The summed E-state index contributed by atoms with van der Waals surface area (Å²) in [6.07, 6.45) is 1.68. The van der Waals surface area contributed by atoms with Crippen molar-refractivity contribution < 1.29 is 13.2 Å². The van der Waals surface area contributed by atoms with Crippen LogP contribution < -0.4 is 0 Å². The summed E-state index contributed by atoms with van der Waals surface area (Å²) in [6.45, 7) is 1.35. The summed E-state index contributed by atoms with van der Waals surface area (Å²) < 4.78 is 32.9. The molecule has 6 heteroatoms. The van der Waals surface area contributed by atoms with E-state index in [1.165, 1.54) is 0 Å². The highest BCUT2D eigenvalue weighted by Crippen LogP contribution is 2.24. The largest absolute Gasteiger partial charge is 0.375 e. The van der Waals surface area contributed by atoms with E-state index in [9.17, 15) is 8.42 Å². The maximum Gasteiger partial charge on any atom is 0.218 e. The molecule has 1 saturated heterocycles. The summed E-state index contributed by atoms with van der Waals surface area (Å²) >= 11 is 0. The average Bonchev–Trinajstić information content (AvgIpc) is 3.12. The summed E-state index contributed by atoms with van der Waals surface area (Å²) in [5, 5.41) is 8.82. The van der Waals surface area contributed by atoms with Gasteiger partial charge in [-0.15, -0.1) is 0 Å². The minimum atomic E-state index is -3.35. The number of rotatable bonds is 7. The van der Waals surface area contributed by atoms with Crippen molar-refractivity contribution in [3.8, 4) is 6.07 Å². The Hall–Kier alpha value is -2.20. The van der Waals surface area contributed by atoms with Crippen LogP contribution >= 0.6 is 0 Å². The van der Waals surface area contributed by atoms with E-state index < -0.39 is 10.0 Å². The van der Waals surface area contributed by atoms with Crippen LogP contribution in [0.2, 0.25) is 0 Å². The van der Waals surface area contributed by atoms with Crippen LogP contribution in [-0.4, -0.2) is 31.9 Å². The predicted molar refractivity (Wildman–Crippen MR) is 99.6 cm³/mol. The van der Waals surface area contributed by atoms with Crippen LogP contribution in [0.1, 0.15) is 29.5 Å². The van der Waals surface area contributed by atoms with E-state index in [0.717, 1.165) is 24.0 Å². The van der Waals surface area contributed by atoms with Crippen LogP contribution in [0.15, 0.2) is 54.6 Å². The number of nitrogens with zero attached hydrogens (tertiary/aromatic N) is 2. The first-order valence-electron chi connectivity index (χ1n) is 8.69. The monoisotopic (exact) mass is 370 g/mol. The van der Waals surface area contributed by atoms with Crippen molar-refractivity contribution in [2.24, 2.45) is 0 Å². The molecule has 1 aliphatic rings. The standard InChI is InChI=1S/C20H22N2O3S/c21-13-17-8-10-18(11-9-17)14-25-15-20-7-4-12-22(20)26(23,24)16-19-5-2-1-3-6-19/h1-3,5-6,8-11,20H,4,7,12,14-16H2. The smallest absolute Gasteiger partial charge is 0.218 e. The fourth-order valence-corrected chi connectivity index (χ4v) is 5.01. The summed E-state index contributed by atoms with van der Waals surface area (Å²) in [5.74, 6) is 0.0277. The molecule has 1 heterocycles. The molecule has 2 aromatic carbocycles. The third kappa shape index (κ3) is 4.70. The highest BCUT2D eigenvalue weighted by molar-refractivity contribution is 7.88. The molecule has 0 aromatic heterocycles. The number of hydrogen-bond donors (Lipinski definition) is 0. The lowest BCUT2D eigenvalue weighted by Gasteiger charge is -2.24. The topological polar surface area (TPSA) is 70.4 Å². The number of nitriles is 1. The molecule has 0 N–H and O–H groups in total. The van der Waals surface area contributed by atoms with Crippen LogP contribution in [0, 0.1) is 11.3 Å². The molecular formula is C20H22N2O3S. The first kappa shape index (κ1) is 18.6. The van der Waals surface area contributed by atoms with Crippen molar-refractivity contribution >= 4 is 10.0 Å². The Balaban J connectivity index is 1.56. The fraction of sp³-hybridized carbons (Fsp3) is 0.350. The van der Waals surface area contributed by atoms with Gasteiger partial charge in [-0.3, -0.25) is 0 Å². The second-order valence-corrected chi connectivity index (χ2v) is 8.39. The number of benzene rings is 2. The Morgan fingerprint density at radius 2 is 1.81 bits per heavy atom. The Bertz CT molecular complexity index is 858. The van der Waals surface area contributed by atoms with E-state index in [1.54, 1.807) is 16.4 Å². The average molecular weight is 370 g/mol. The number of hydrogen-bond acceptors (Lipinski definition) is 4. The number of sulfonamides is 1. The van der Waals surface area contributed by atoms with Gasteiger partial charge in [0.05, 0.1) is 30.6 Å². The van der Waals surface area contributed by atoms with Gasteiger partial charge in [-0.25, -0.2) is 8.42 Å². The summed E-state index contributed by atoms with van der Waals surface area (Å²) in [6, 6.07) is 18.5. The molecule has 2 aromatic rings. The second kappa shape index (κ2) is 8.45. The summed E-state index contributed by atoms with van der Waals surface area (Å²) in [7, 11) is -3.35. The van der Waals surface area contributed by atoms with Crippen LogP contribution in [0.4, 0.5) is 0 Å². The van der Waals surface area contributed by atoms with Gasteiger partial charge in [0.2, 0.25) is 10.0 Å². The van der Waals surface area contributed by atoms with Crippen molar-refractivity contribution in [2.75, 3.05) is 13.2 Å². The predicted octanol–water partition coefficient (Wildman–Crippen LogP) is 3.07. The van der Waals surface area contributed by atoms with E-state index >= 15 is 0 Å². The molecule has 5 nitrogen and oxygen atoms in total. The molecule has 136 valence electrons. The van der Waals surface area contributed by atoms with Crippen molar-refractivity contribution in [2.45, 2.75) is 31.2 Å². The van der Waals surface area contributed by atoms with Crippen molar-refractivity contribution in [3.05, 3.63) is 71.3 Å². The van der Waals surface area contributed by atoms with Crippen molar-refractivity contribution in [3.63, 3.8) is 0 Å². The van der Waals surface area contributed by atoms with E-state index in [4.69, 9.17) is 10.00 Å². The Morgan fingerprint density at radius 3 is 2.50 bits per heavy atom. The molecule has 1 atom stereocenters. The van der Waals surface area contributed by atoms with E-state index in [2.05, 4.69) is 6.07 Å². The molecule has 0 saturated carbocycles. The van der Waals surface area contributed by atoms with Gasteiger partial charge in [0.1, 0.15) is 0 Å². The third-order valence-electron chi connectivity index (χ3n) is 4.53. The van der Waals surface area contributed by atoms with Gasteiger partial charge < -0.3 is 4.74 Å². The van der Waals surface area contributed by atoms with Crippen LogP contribution in [0.5, 0.6) is 0 Å². The zero-order chi connectivity index (χ0) is 18.4. The number of ether oxygens (including phenoxy) is 1. The van der Waals surface area contributed by atoms with Gasteiger partial charge >= 0.3 is 0 Å². The summed E-state index contributed by atoms with van der Waals surface area (Å²) in [4.78, 5) is 0. The van der Waals surface area contributed by atoms with Gasteiger partial charge in [-0.2, -0.15) is 9.57 Å². The molecule has 1 fully saturated rings. The zero-order valence-corrected chi connectivity index (χ0v) is 15.4. The van der Waals surface area contributed by atoms with E-state index in [-0.39, 0.29) is 11.8 Å². The van der Waals surface area contributed by atoms with Crippen molar-refractivity contribution in [1.29, 1.82) is 5.26 Å². The minimum Gasteiger partial charge on any atom is -0.375 e. The molecular weight excluding hydrogens is 348 g/mol. The first-order valence-corrected chi connectivity index (χ1v) is 10.3. The van der Waals surface area contributed by atoms with E-state index in [1.807, 2.05) is 42.5 Å². The molecule has 0 radical (unpaired) electrons. The maximum atomic E-state index is 12.8. The molecule has 0 aliphatic carbocycles. The van der Waals surface area contributed by atoms with Crippen LogP contribution in [-0.2, 0) is 27.1 Å². The molecule has 26 heavy (non-hydrogen) atoms. The normalized spacial score (nSPS) is 17.9. The lowest BCUT2D eigenvalue weighted by atomic mass is 10.1. The maximum absolute atomic E-state index is 12.8. The highest BCUT2D eigenvalue weighted by atomic mass is 32.2. The van der Waals surface area contributed by atoms with Crippen LogP contribution in [0.3, 0.4) is 0 Å². The fourth-order valence-electron chi connectivity index (χ4n) is 3.20. The first-order chi connectivity index (χ1) is 12.6. The highest BCUT2D eigenvalue weighted by Gasteiger charge is 2.34. The Kier molecular flexibility index (Phi) is 6.04. The van der Waals surface area contributed by atoms with Gasteiger partial charge in [0, 0.05) is 12.6 Å². The second-order valence-electron chi connectivity index (χ2n) is 6.47. The van der Waals surface area contributed by atoms with Gasteiger partial charge in [0.15, 0.2) is 0 Å². The van der Waals surface area contributed by atoms with Gasteiger partial charge in [-0.1, -0.05) is 42.5 Å². The van der Waals surface area contributed by atoms with Gasteiger partial charge in [0.25, 0.3) is 0 Å². The molecule has 0 bridgehead atoms. The molecule has 1 aliphatic heterocycles. The minimum absolute atomic E-state index is 0.0277. The lowest BCUT2D eigenvalue weighted by molar-refractivity contribution is 0.0872. The van der Waals surface area contributed by atoms with Crippen LogP contribution in [0.25, 0.3) is 0 Å². The molecule has 0 amide bonds. The Labute approximate surface area is 154 Å². The summed E-state index contributed by atoms with van der Waals surface area (Å²) in [5.41, 5.74) is 2.39. The quantitative estimate of drug-likeness (QED) is 0.751. The lowest BCUT2D eigenvalue weighted by Crippen LogP contribution is -2.38. The van der Waals surface area contributed by atoms with E-state index in [0.29, 0.717) is 25.3 Å². The SMILES string of the molecule is N#Cc1ccc(COCC2CCCN2S(=O)(=O)Cc2ccccc2)cc1. The van der Waals surface area contributed by atoms with Gasteiger partial charge in [-0.05, 0) is 36.1 Å². The Morgan fingerprint density at radius 1 is 1.08 bits per heavy atom. The molecule has 1 unspecified atom stereocenters. The molecule has 3 rings (SSSR count).